The van der Waals surface area contributed by atoms with Crippen LogP contribution in [0.15, 0.2) is 54.7 Å². The predicted molar refractivity (Wildman–Crippen MR) is 89.4 cm³/mol. The maximum Gasteiger partial charge on any atom is 0.230 e. The molecule has 5 heteroatoms. The van der Waals surface area contributed by atoms with E-state index in [0.29, 0.717) is 17.9 Å². The number of thioether (sulfide) groups is 1. The van der Waals surface area contributed by atoms with Crippen LogP contribution in [0, 0.1) is 0 Å². The normalized spacial score (nSPS) is 11.9. The van der Waals surface area contributed by atoms with Crippen molar-refractivity contribution < 1.29 is 9.90 Å². The van der Waals surface area contributed by atoms with Crippen LogP contribution in [0.25, 0.3) is 0 Å². The zero-order valence-electron chi connectivity index (χ0n) is 12.3. The molecule has 0 aliphatic carbocycles. The molecule has 0 fully saturated rings. The van der Waals surface area contributed by atoms with Crippen molar-refractivity contribution in [3.8, 4) is 0 Å². The second kappa shape index (κ2) is 9.23. The van der Waals surface area contributed by atoms with Gasteiger partial charge in [-0.25, -0.2) is 0 Å². The predicted octanol–water partition coefficient (Wildman–Crippen LogP) is 2.55. The third-order valence-corrected chi connectivity index (χ3v) is 4.13. The van der Waals surface area contributed by atoms with Gasteiger partial charge in [-0.1, -0.05) is 36.4 Å². The molecule has 2 aromatic rings. The van der Waals surface area contributed by atoms with Crippen LogP contribution in [0.2, 0.25) is 0 Å². The third kappa shape index (κ3) is 5.50. The topological polar surface area (TPSA) is 62.2 Å². The number of hydrogen-bond donors (Lipinski definition) is 2. The van der Waals surface area contributed by atoms with Gasteiger partial charge in [0.05, 0.1) is 17.5 Å². The number of nitrogens with one attached hydrogen (secondary N) is 1. The van der Waals surface area contributed by atoms with Crippen molar-refractivity contribution in [1.29, 1.82) is 0 Å². The number of aliphatic hydroxyl groups excluding tert-OH is 1. The Morgan fingerprint density at radius 3 is 2.64 bits per heavy atom. The standard InChI is InChI=1S/C17H20N2O2S/c20-11-9-16(14-6-2-1-3-7-14)19-17(21)13-22-12-15-8-4-5-10-18-15/h1-8,10,16,20H,9,11-13H2,(H,19,21). The summed E-state index contributed by atoms with van der Waals surface area (Å²) in [5.74, 6) is 1.07. The Bertz CT molecular complexity index is 563. The average Bonchev–Trinajstić information content (AvgIpc) is 2.56. The van der Waals surface area contributed by atoms with E-state index >= 15 is 0 Å². The molecular weight excluding hydrogens is 296 g/mol. The highest BCUT2D eigenvalue weighted by Gasteiger charge is 2.13. The van der Waals surface area contributed by atoms with E-state index < -0.39 is 0 Å². The second-order valence-electron chi connectivity index (χ2n) is 4.86. The number of aromatic nitrogens is 1. The van der Waals surface area contributed by atoms with Crippen molar-refractivity contribution in [2.24, 2.45) is 0 Å². The Labute approximate surface area is 135 Å². The number of carbonyl (C=O) groups excluding carboxylic acids is 1. The minimum Gasteiger partial charge on any atom is -0.396 e. The fraction of sp³-hybridized carbons (Fsp3) is 0.294. The summed E-state index contributed by atoms with van der Waals surface area (Å²) in [6, 6.07) is 15.3. The van der Waals surface area contributed by atoms with Crippen molar-refractivity contribution in [3.05, 3.63) is 66.0 Å². The molecule has 0 saturated carbocycles. The molecule has 1 aromatic heterocycles. The molecule has 2 N–H and O–H groups in total. The van der Waals surface area contributed by atoms with Crippen LogP contribution in [-0.4, -0.2) is 28.4 Å². The first kappa shape index (κ1) is 16.5. The van der Waals surface area contributed by atoms with Crippen molar-refractivity contribution in [1.82, 2.24) is 10.3 Å². The highest BCUT2D eigenvalue weighted by molar-refractivity contribution is 7.99. The summed E-state index contributed by atoms with van der Waals surface area (Å²) >= 11 is 1.53. The van der Waals surface area contributed by atoms with E-state index in [4.69, 9.17) is 0 Å². The van der Waals surface area contributed by atoms with E-state index in [1.54, 1.807) is 6.20 Å². The molecule has 0 aliphatic rings. The highest BCUT2D eigenvalue weighted by atomic mass is 32.2. The molecule has 1 unspecified atom stereocenters. The van der Waals surface area contributed by atoms with Crippen molar-refractivity contribution >= 4 is 17.7 Å². The van der Waals surface area contributed by atoms with Gasteiger partial charge in [0.25, 0.3) is 0 Å². The number of hydrogen-bond acceptors (Lipinski definition) is 4. The lowest BCUT2D eigenvalue weighted by molar-refractivity contribution is -0.119. The first-order valence-electron chi connectivity index (χ1n) is 7.22. The Kier molecular flexibility index (Phi) is 6.93. The molecule has 116 valence electrons. The summed E-state index contributed by atoms with van der Waals surface area (Å²) in [5, 5.41) is 12.2. The van der Waals surface area contributed by atoms with E-state index in [1.807, 2.05) is 48.5 Å². The van der Waals surface area contributed by atoms with E-state index in [9.17, 15) is 9.90 Å². The van der Waals surface area contributed by atoms with Gasteiger partial charge in [-0.05, 0) is 24.1 Å². The van der Waals surface area contributed by atoms with E-state index in [1.165, 1.54) is 11.8 Å². The van der Waals surface area contributed by atoms with Gasteiger partial charge in [0.1, 0.15) is 0 Å². The number of rotatable bonds is 8. The van der Waals surface area contributed by atoms with Gasteiger partial charge in [-0.15, -0.1) is 11.8 Å². The van der Waals surface area contributed by atoms with Gasteiger partial charge in [0.2, 0.25) is 5.91 Å². The molecule has 0 radical (unpaired) electrons. The maximum atomic E-state index is 12.1. The molecule has 1 atom stereocenters. The number of aliphatic hydroxyl groups is 1. The van der Waals surface area contributed by atoms with Crippen LogP contribution in [0.4, 0.5) is 0 Å². The Balaban J connectivity index is 1.81. The molecule has 0 saturated heterocycles. The largest absolute Gasteiger partial charge is 0.396 e. The number of amides is 1. The molecule has 1 amide bonds. The molecule has 0 aliphatic heterocycles. The maximum absolute atomic E-state index is 12.1. The fourth-order valence-corrected chi connectivity index (χ4v) is 2.86. The van der Waals surface area contributed by atoms with Crippen molar-refractivity contribution in [2.75, 3.05) is 12.4 Å². The Morgan fingerprint density at radius 1 is 1.18 bits per heavy atom. The van der Waals surface area contributed by atoms with Crippen LogP contribution in [0.1, 0.15) is 23.7 Å². The summed E-state index contributed by atoms with van der Waals surface area (Å²) < 4.78 is 0. The average molecular weight is 316 g/mol. The molecular formula is C17H20N2O2S. The second-order valence-corrected chi connectivity index (χ2v) is 5.84. The number of pyridine rings is 1. The van der Waals surface area contributed by atoms with Crippen molar-refractivity contribution in [2.45, 2.75) is 18.2 Å². The van der Waals surface area contributed by atoms with Gasteiger partial charge >= 0.3 is 0 Å². The van der Waals surface area contributed by atoms with Crippen LogP contribution >= 0.6 is 11.8 Å². The third-order valence-electron chi connectivity index (χ3n) is 3.16. The first-order chi connectivity index (χ1) is 10.8. The van der Waals surface area contributed by atoms with Crippen LogP contribution in [0.3, 0.4) is 0 Å². The Hall–Kier alpha value is -1.85. The summed E-state index contributed by atoms with van der Waals surface area (Å²) in [5.41, 5.74) is 1.98. The molecule has 1 heterocycles. The fourth-order valence-electron chi connectivity index (χ4n) is 2.10. The van der Waals surface area contributed by atoms with E-state index in [2.05, 4.69) is 10.3 Å². The lowest BCUT2D eigenvalue weighted by atomic mass is 10.0. The summed E-state index contributed by atoms with van der Waals surface area (Å²) in [6.07, 6.45) is 2.27. The summed E-state index contributed by atoms with van der Waals surface area (Å²) in [7, 11) is 0. The Morgan fingerprint density at radius 2 is 1.95 bits per heavy atom. The lowest BCUT2D eigenvalue weighted by Crippen LogP contribution is -2.30. The van der Waals surface area contributed by atoms with Gasteiger partial charge in [-0.2, -0.15) is 0 Å². The van der Waals surface area contributed by atoms with E-state index in [-0.39, 0.29) is 18.6 Å². The lowest BCUT2D eigenvalue weighted by Gasteiger charge is -2.18. The van der Waals surface area contributed by atoms with Crippen molar-refractivity contribution in [3.63, 3.8) is 0 Å². The smallest absolute Gasteiger partial charge is 0.230 e. The highest BCUT2D eigenvalue weighted by Crippen LogP contribution is 2.17. The van der Waals surface area contributed by atoms with Gasteiger partial charge in [0, 0.05) is 18.6 Å². The van der Waals surface area contributed by atoms with Crippen LogP contribution in [0.5, 0.6) is 0 Å². The minimum absolute atomic E-state index is 0.0248. The number of nitrogens with zero attached hydrogens (tertiary/aromatic N) is 1. The SMILES string of the molecule is O=C(CSCc1ccccn1)NC(CCO)c1ccccc1. The summed E-state index contributed by atoms with van der Waals surface area (Å²) in [4.78, 5) is 16.3. The summed E-state index contributed by atoms with van der Waals surface area (Å²) in [6.45, 7) is 0.0426. The van der Waals surface area contributed by atoms with Gasteiger partial charge < -0.3 is 10.4 Å². The minimum atomic E-state index is -0.144. The van der Waals surface area contributed by atoms with Gasteiger partial charge in [0.15, 0.2) is 0 Å². The number of benzene rings is 1. The molecule has 0 bridgehead atoms. The van der Waals surface area contributed by atoms with Gasteiger partial charge in [-0.3, -0.25) is 9.78 Å². The molecule has 4 nitrogen and oxygen atoms in total. The molecule has 22 heavy (non-hydrogen) atoms. The zero-order valence-corrected chi connectivity index (χ0v) is 13.1. The molecule has 0 spiro atoms. The quantitative estimate of drug-likeness (QED) is 0.786. The zero-order chi connectivity index (χ0) is 15.6. The van der Waals surface area contributed by atoms with Crippen LogP contribution in [-0.2, 0) is 10.5 Å². The van der Waals surface area contributed by atoms with E-state index in [0.717, 1.165) is 11.3 Å². The first-order valence-corrected chi connectivity index (χ1v) is 8.38. The number of carbonyl (C=O) groups is 1. The van der Waals surface area contributed by atoms with Crippen LogP contribution < -0.4 is 5.32 Å². The molecule has 2 rings (SSSR count). The molecule has 1 aromatic carbocycles. The monoisotopic (exact) mass is 316 g/mol.